The largest absolute Gasteiger partial charge is 0.393 e. The van der Waals surface area contributed by atoms with Crippen molar-refractivity contribution >= 4 is 6.03 Å². The normalized spacial score (nSPS) is 19.1. The first-order valence-electron chi connectivity index (χ1n) is 7.97. The Balaban J connectivity index is 2.11. The molecule has 5 nitrogen and oxygen atoms in total. The van der Waals surface area contributed by atoms with Crippen LogP contribution in [0.3, 0.4) is 0 Å². The Labute approximate surface area is 123 Å². The third-order valence-corrected chi connectivity index (χ3v) is 3.96. The molecule has 0 bridgehead atoms. The van der Waals surface area contributed by atoms with Crippen molar-refractivity contribution in [3.8, 4) is 0 Å². The minimum absolute atomic E-state index is 0.102. The zero-order chi connectivity index (χ0) is 15.0. The van der Waals surface area contributed by atoms with Crippen LogP contribution in [0.4, 0.5) is 4.79 Å². The van der Waals surface area contributed by atoms with Crippen LogP contribution in [-0.4, -0.2) is 54.4 Å². The number of piperidine rings is 1. The second kappa shape index (κ2) is 9.19. The number of urea groups is 1. The molecule has 20 heavy (non-hydrogen) atoms. The van der Waals surface area contributed by atoms with Gasteiger partial charge in [-0.15, -0.1) is 0 Å². The van der Waals surface area contributed by atoms with Crippen LogP contribution in [0.15, 0.2) is 0 Å². The molecule has 0 aliphatic carbocycles. The molecule has 3 N–H and O–H groups in total. The second-order valence-electron chi connectivity index (χ2n) is 6.12. The van der Waals surface area contributed by atoms with Gasteiger partial charge in [-0.3, -0.25) is 0 Å². The highest BCUT2D eigenvalue weighted by Gasteiger charge is 2.19. The van der Waals surface area contributed by atoms with Crippen molar-refractivity contribution in [1.82, 2.24) is 15.5 Å². The molecule has 5 heteroatoms. The fourth-order valence-electron chi connectivity index (χ4n) is 2.52. The Bertz CT molecular complexity index is 276. The van der Waals surface area contributed by atoms with Crippen LogP contribution in [0, 0.1) is 5.92 Å². The number of hydrogen-bond donors (Lipinski definition) is 3. The fourth-order valence-corrected chi connectivity index (χ4v) is 2.52. The number of aliphatic hydroxyl groups excluding tert-OH is 1. The third kappa shape index (κ3) is 6.57. The molecule has 0 aromatic rings. The molecule has 1 rings (SSSR count). The summed E-state index contributed by atoms with van der Waals surface area (Å²) < 4.78 is 0. The lowest BCUT2D eigenvalue weighted by atomic mass is 10.0. The first-order valence-corrected chi connectivity index (χ1v) is 7.97. The highest BCUT2D eigenvalue weighted by Crippen LogP contribution is 2.10. The van der Waals surface area contributed by atoms with E-state index in [9.17, 15) is 9.90 Å². The van der Waals surface area contributed by atoms with E-state index in [0.717, 1.165) is 32.5 Å². The number of nitrogens with one attached hydrogen (secondary N) is 2. The molecule has 0 aromatic heterocycles. The molecule has 1 saturated heterocycles. The lowest BCUT2D eigenvalue weighted by Gasteiger charge is -2.32. The summed E-state index contributed by atoms with van der Waals surface area (Å²) in [6, 6.07) is 0.188. The van der Waals surface area contributed by atoms with Crippen molar-refractivity contribution in [2.45, 2.75) is 58.6 Å². The van der Waals surface area contributed by atoms with Gasteiger partial charge in [0.25, 0.3) is 0 Å². The number of amides is 2. The molecular formula is C15H31N3O2. The van der Waals surface area contributed by atoms with Crippen molar-refractivity contribution in [1.29, 1.82) is 0 Å². The standard InChI is InChI=1S/C15H31N3O2/c1-4-9-18-10-6-13(7-11-18)17-15(20)16-8-5-14(19)12(2)3/h12-14,19H,4-11H2,1-3H3,(H2,16,17,20). The number of carbonyl (C=O) groups is 1. The summed E-state index contributed by atoms with van der Waals surface area (Å²) in [6.07, 6.45) is 3.52. The van der Waals surface area contributed by atoms with Crippen LogP contribution in [0.5, 0.6) is 0 Å². The molecule has 0 saturated carbocycles. The van der Waals surface area contributed by atoms with E-state index in [1.165, 1.54) is 6.42 Å². The Morgan fingerprint density at radius 1 is 1.35 bits per heavy atom. The molecule has 0 radical (unpaired) electrons. The van der Waals surface area contributed by atoms with Crippen molar-refractivity contribution in [3.63, 3.8) is 0 Å². The summed E-state index contributed by atoms with van der Waals surface area (Å²) in [5, 5.41) is 15.5. The van der Waals surface area contributed by atoms with E-state index in [1.807, 2.05) is 13.8 Å². The van der Waals surface area contributed by atoms with Crippen LogP contribution in [0.1, 0.15) is 46.5 Å². The second-order valence-corrected chi connectivity index (χ2v) is 6.12. The molecule has 1 aliphatic heterocycles. The van der Waals surface area contributed by atoms with Gasteiger partial charge in [0.2, 0.25) is 0 Å². The number of carbonyl (C=O) groups excluding carboxylic acids is 1. The predicted molar refractivity (Wildman–Crippen MR) is 81.7 cm³/mol. The van der Waals surface area contributed by atoms with Gasteiger partial charge in [0.1, 0.15) is 0 Å². The molecule has 1 heterocycles. The van der Waals surface area contributed by atoms with E-state index >= 15 is 0 Å². The van der Waals surface area contributed by atoms with Crippen molar-refractivity contribution in [3.05, 3.63) is 0 Å². The third-order valence-electron chi connectivity index (χ3n) is 3.96. The van der Waals surface area contributed by atoms with E-state index in [4.69, 9.17) is 0 Å². The van der Waals surface area contributed by atoms with Gasteiger partial charge in [0.05, 0.1) is 6.10 Å². The Morgan fingerprint density at radius 2 is 2.00 bits per heavy atom. The zero-order valence-corrected chi connectivity index (χ0v) is 13.2. The zero-order valence-electron chi connectivity index (χ0n) is 13.2. The van der Waals surface area contributed by atoms with E-state index in [2.05, 4.69) is 22.5 Å². The van der Waals surface area contributed by atoms with Gasteiger partial charge < -0.3 is 20.6 Å². The molecule has 1 aliphatic rings. The first-order chi connectivity index (χ1) is 9.52. The monoisotopic (exact) mass is 285 g/mol. The highest BCUT2D eigenvalue weighted by molar-refractivity contribution is 5.74. The minimum atomic E-state index is -0.340. The quantitative estimate of drug-likeness (QED) is 0.665. The molecule has 0 aromatic carbocycles. The van der Waals surface area contributed by atoms with Gasteiger partial charge in [-0.25, -0.2) is 4.79 Å². The minimum Gasteiger partial charge on any atom is -0.393 e. The summed E-state index contributed by atoms with van der Waals surface area (Å²) in [4.78, 5) is 14.2. The number of hydrogen-bond acceptors (Lipinski definition) is 3. The molecule has 2 amide bonds. The number of nitrogens with zero attached hydrogens (tertiary/aromatic N) is 1. The van der Waals surface area contributed by atoms with Crippen LogP contribution in [0.25, 0.3) is 0 Å². The van der Waals surface area contributed by atoms with Gasteiger partial charge >= 0.3 is 6.03 Å². The maximum Gasteiger partial charge on any atom is 0.315 e. The summed E-state index contributed by atoms with van der Waals surface area (Å²) in [7, 11) is 0. The molecule has 0 spiro atoms. The number of likely N-dealkylation sites (tertiary alicyclic amines) is 1. The molecular weight excluding hydrogens is 254 g/mol. The average Bonchev–Trinajstić information content (AvgIpc) is 2.41. The summed E-state index contributed by atoms with van der Waals surface area (Å²) in [5.41, 5.74) is 0. The van der Waals surface area contributed by atoms with Crippen molar-refractivity contribution < 1.29 is 9.90 Å². The maximum atomic E-state index is 11.8. The average molecular weight is 285 g/mol. The highest BCUT2D eigenvalue weighted by atomic mass is 16.3. The lowest BCUT2D eigenvalue weighted by molar-refractivity contribution is 0.116. The van der Waals surface area contributed by atoms with E-state index < -0.39 is 0 Å². The SMILES string of the molecule is CCCN1CCC(NC(=O)NCCC(O)C(C)C)CC1. The molecule has 1 unspecified atom stereocenters. The van der Waals surface area contributed by atoms with Gasteiger partial charge in [0, 0.05) is 25.7 Å². The maximum absolute atomic E-state index is 11.8. The van der Waals surface area contributed by atoms with Gasteiger partial charge in [-0.1, -0.05) is 20.8 Å². The van der Waals surface area contributed by atoms with Gasteiger partial charge in [0.15, 0.2) is 0 Å². The molecule has 1 atom stereocenters. The summed E-state index contributed by atoms with van der Waals surface area (Å²) in [5.74, 6) is 0.239. The van der Waals surface area contributed by atoms with Crippen molar-refractivity contribution in [2.24, 2.45) is 5.92 Å². The lowest BCUT2D eigenvalue weighted by Crippen LogP contribution is -2.48. The topological polar surface area (TPSA) is 64.6 Å². The predicted octanol–water partition coefficient (Wildman–Crippen LogP) is 1.57. The molecule has 118 valence electrons. The van der Waals surface area contributed by atoms with Gasteiger partial charge in [-0.05, 0) is 38.1 Å². The fraction of sp³-hybridized carbons (Fsp3) is 0.933. The van der Waals surface area contributed by atoms with E-state index in [0.29, 0.717) is 13.0 Å². The Hall–Kier alpha value is -0.810. The van der Waals surface area contributed by atoms with E-state index in [1.54, 1.807) is 0 Å². The van der Waals surface area contributed by atoms with Gasteiger partial charge in [-0.2, -0.15) is 0 Å². The first kappa shape index (κ1) is 17.2. The number of rotatable bonds is 7. The summed E-state index contributed by atoms with van der Waals surface area (Å²) in [6.45, 7) is 9.99. The van der Waals surface area contributed by atoms with Crippen LogP contribution < -0.4 is 10.6 Å². The molecule has 1 fully saturated rings. The smallest absolute Gasteiger partial charge is 0.315 e. The number of aliphatic hydroxyl groups is 1. The summed E-state index contributed by atoms with van der Waals surface area (Å²) >= 11 is 0. The van der Waals surface area contributed by atoms with Crippen LogP contribution in [-0.2, 0) is 0 Å². The Morgan fingerprint density at radius 3 is 2.55 bits per heavy atom. The van der Waals surface area contributed by atoms with Crippen molar-refractivity contribution in [2.75, 3.05) is 26.2 Å². The van der Waals surface area contributed by atoms with Crippen LogP contribution >= 0.6 is 0 Å². The van der Waals surface area contributed by atoms with Crippen LogP contribution in [0.2, 0.25) is 0 Å². The van der Waals surface area contributed by atoms with E-state index in [-0.39, 0.29) is 24.1 Å². The Kier molecular flexibility index (Phi) is 7.92.